The molecule has 8 nitrogen and oxygen atoms in total. The van der Waals surface area contributed by atoms with Gasteiger partial charge in [0, 0.05) is 33.6 Å². The molecule has 2 rings (SSSR count). The molecule has 0 radical (unpaired) electrons. The highest BCUT2D eigenvalue weighted by Crippen LogP contribution is 2.26. The number of ether oxygens (including phenoxy) is 4. The van der Waals surface area contributed by atoms with Gasteiger partial charge in [0.1, 0.15) is 12.5 Å². The normalized spacial score (nSPS) is 20.9. The van der Waals surface area contributed by atoms with Gasteiger partial charge < -0.3 is 29.6 Å². The molecule has 1 aliphatic rings. The van der Waals surface area contributed by atoms with Crippen LogP contribution >= 0.6 is 0 Å². The SMILES string of the molecule is CCNCC(OC)(OC)c1ccnc(N[C@H]2CC[C@H](OCOC)CC2)n1. The molecule has 1 aromatic heterocycles. The van der Waals surface area contributed by atoms with E-state index in [0.717, 1.165) is 32.2 Å². The Kier molecular flexibility index (Phi) is 8.67. The first-order valence-corrected chi connectivity index (χ1v) is 9.19. The van der Waals surface area contributed by atoms with Gasteiger partial charge in [0.15, 0.2) is 0 Å². The molecule has 0 unspecified atom stereocenters. The van der Waals surface area contributed by atoms with Crippen LogP contribution in [0.25, 0.3) is 0 Å². The lowest BCUT2D eigenvalue weighted by Gasteiger charge is -2.31. The van der Waals surface area contributed by atoms with Crippen molar-refractivity contribution in [3.8, 4) is 0 Å². The van der Waals surface area contributed by atoms with Crippen molar-refractivity contribution in [1.82, 2.24) is 15.3 Å². The second-order valence-corrected chi connectivity index (χ2v) is 6.40. The van der Waals surface area contributed by atoms with Gasteiger partial charge in [-0.1, -0.05) is 6.92 Å². The third kappa shape index (κ3) is 5.59. The monoisotopic (exact) mass is 368 g/mol. The van der Waals surface area contributed by atoms with Crippen LogP contribution in [0.15, 0.2) is 12.3 Å². The molecule has 0 bridgehead atoms. The van der Waals surface area contributed by atoms with Gasteiger partial charge >= 0.3 is 0 Å². The summed E-state index contributed by atoms with van der Waals surface area (Å²) < 4.78 is 21.9. The number of anilines is 1. The van der Waals surface area contributed by atoms with Crippen molar-refractivity contribution in [2.75, 3.05) is 46.5 Å². The molecular weight excluding hydrogens is 336 g/mol. The van der Waals surface area contributed by atoms with E-state index < -0.39 is 5.79 Å². The number of methoxy groups -OCH3 is 3. The van der Waals surface area contributed by atoms with E-state index in [1.807, 2.05) is 13.0 Å². The third-order valence-electron chi connectivity index (χ3n) is 4.74. The largest absolute Gasteiger partial charge is 0.359 e. The molecule has 1 fully saturated rings. The van der Waals surface area contributed by atoms with Crippen LogP contribution in [0.2, 0.25) is 0 Å². The number of aromatic nitrogens is 2. The standard InChI is InChI=1S/C18H32N4O4/c1-5-19-12-18(24-3,25-4)16-10-11-20-17(22-16)21-14-6-8-15(9-7-14)26-13-23-2/h10-11,14-15,19H,5-9,12-13H2,1-4H3,(H,20,21,22)/t14-,15-. The Hall–Kier alpha value is -1.32. The molecule has 1 aromatic rings. The van der Waals surface area contributed by atoms with Crippen molar-refractivity contribution in [2.24, 2.45) is 0 Å². The first kappa shape index (κ1) is 21.0. The van der Waals surface area contributed by atoms with Crippen LogP contribution in [0.5, 0.6) is 0 Å². The van der Waals surface area contributed by atoms with E-state index >= 15 is 0 Å². The highest BCUT2D eigenvalue weighted by molar-refractivity contribution is 5.28. The molecule has 1 aliphatic carbocycles. The van der Waals surface area contributed by atoms with E-state index in [1.54, 1.807) is 27.5 Å². The molecule has 0 atom stereocenters. The predicted molar refractivity (Wildman–Crippen MR) is 98.9 cm³/mol. The second-order valence-electron chi connectivity index (χ2n) is 6.40. The lowest BCUT2D eigenvalue weighted by Crippen LogP contribution is -2.42. The van der Waals surface area contributed by atoms with E-state index in [1.165, 1.54) is 0 Å². The molecular formula is C18H32N4O4. The van der Waals surface area contributed by atoms with Crippen LogP contribution < -0.4 is 10.6 Å². The van der Waals surface area contributed by atoms with Crippen LogP contribution in [0.1, 0.15) is 38.3 Å². The minimum atomic E-state index is -0.930. The molecule has 1 saturated carbocycles. The summed E-state index contributed by atoms with van der Waals surface area (Å²) in [4.78, 5) is 9.00. The Labute approximate surface area is 156 Å². The lowest BCUT2D eigenvalue weighted by molar-refractivity contribution is -0.214. The maximum Gasteiger partial charge on any atom is 0.224 e. The third-order valence-corrected chi connectivity index (χ3v) is 4.74. The summed E-state index contributed by atoms with van der Waals surface area (Å²) in [5.74, 6) is -0.333. The molecule has 0 spiro atoms. The van der Waals surface area contributed by atoms with Gasteiger partial charge in [0.05, 0.1) is 12.6 Å². The van der Waals surface area contributed by atoms with Gasteiger partial charge in [-0.2, -0.15) is 0 Å². The predicted octanol–water partition coefficient (Wildman–Crippen LogP) is 1.88. The van der Waals surface area contributed by atoms with Gasteiger partial charge in [-0.25, -0.2) is 9.97 Å². The first-order valence-electron chi connectivity index (χ1n) is 9.19. The maximum absolute atomic E-state index is 5.64. The topological polar surface area (TPSA) is 86.8 Å². The molecule has 0 saturated heterocycles. The number of hydrogen-bond donors (Lipinski definition) is 2. The van der Waals surface area contributed by atoms with E-state index in [2.05, 4.69) is 20.6 Å². The van der Waals surface area contributed by atoms with Crippen LogP contribution in [0.4, 0.5) is 5.95 Å². The average Bonchev–Trinajstić information content (AvgIpc) is 2.69. The average molecular weight is 368 g/mol. The minimum absolute atomic E-state index is 0.273. The van der Waals surface area contributed by atoms with Crippen LogP contribution in [-0.2, 0) is 24.7 Å². The van der Waals surface area contributed by atoms with Gasteiger partial charge in [-0.05, 0) is 38.3 Å². The summed E-state index contributed by atoms with van der Waals surface area (Å²) in [6, 6.07) is 2.16. The lowest BCUT2D eigenvalue weighted by atomic mass is 9.93. The fourth-order valence-electron chi connectivity index (χ4n) is 3.18. The number of nitrogens with zero attached hydrogens (tertiary/aromatic N) is 2. The van der Waals surface area contributed by atoms with E-state index in [0.29, 0.717) is 31.0 Å². The van der Waals surface area contributed by atoms with E-state index in [-0.39, 0.29) is 6.10 Å². The van der Waals surface area contributed by atoms with E-state index in [9.17, 15) is 0 Å². The number of likely N-dealkylation sites (N-methyl/N-ethyl adjacent to an activating group) is 1. The second kappa shape index (κ2) is 10.7. The van der Waals surface area contributed by atoms with E-state index in [4.69, 9.17) is 18.9 Å². The van der Waals surface area contributed by atoms with Crippen LogP contribution in [0, 0.1) is 0 Å². The highest BCUT2D eigenvalue weighted by atomic mass is 16.7. The number of hydrogen-bond acceptors (Lipinski definition) is 8. The number of nitrogens with one attached hydrogen (secondary N) is 2. The Morgan fingerprint density at radius 1 is 1.15 bits per heavy atom. The smallest absolute Gasteiger partial charge is 0.224 e. The summed E-state index contributed by atoms with van der Waals surface area (Å²) in [6.07, 6.45) is 6.03. The summed E-state index contributed by atoms with van der Waals surface area (Å²) in [5.41, 5.74) is 0.693. The zero-order chi connectivity index (χ0) is 18.8. The zero-order valence-electron chi connectivity index (χ0n) is 16.3. The number of rotatable bonds is 11. The quantitative estimate of drug-likeness (QED) is 0.573. The van der Waals surface area contributed by atoms with Gasteiger partial charge in [0.2, 0.25) is 11.7 Å². The van der Waals surface area contributed by atoms with Gasteiger partial charge in [-0.3, -0.25) is 0 Å². The summed E-state index contributed by atoms with van der Waals surface area (Å²) in [5, 5.41) is 6.69. The Balaban J connectivity index is 1.98. The summed E-state index contributed by atoms with van der Waals surface area (Å²) >= 11 is 0. The van der Waals surface area contributed by atoms with Gasteiger partial charge in [-0.15, -0.1) is 0 Å². The molecule has 148 valence electrons. The minimum Gasteiger partial charge on any atom is -0.359 e. The molecule has 0 amide bonds. The van der Waals surface area contributed by atoms with Crippen molar-refractivity contribution >= 4 is 5.95 Å². The van der Waals surface area contributed by atoms with Crippen LogP contribution in [0.3, 0.4) is 0 Å². The molecule has 26 heavy (non-hydrogen) atoms. The fraction of sp³-hybridized carbons (Fsp3) is 0.778. The summed E-state index contributed by atoms with van der Waals surface area (Å²) in [6.45, 7) is 3.72. The van der Waals surface area contributed by atoms with Crippen molar-refractivity contribution in [1.29, 1.82) is 0 Å². The highest BCUT2D eigenvalue weighted by Gasteiger charge is 2.34. The van der Waals surface area contributed by atoms with Gasteiger partial charge in [0.25, 0.3) is 0 Å². The maximum atomic E-state index is 5.64. The molecule has 0 aliphatic heterocycles. The summed E-state index contributed by atoms with van der Waals surface area (Å²) in [7, 11) is 4.89. The molecule has 0 aromatic carbocycles. The zero-order valence-corrected chi connectivity index (χ0v) is 16.3. The van der Waals surface area contributed by atoms with Crippen molar-refractivity contribution in [3.05, 3.63) is 18.0 Å². The van der Waals surface area contributed by atoms with Crippen molar-refractivity contribution < 1.29 is 18.9 Å². The van der Waals surface area contributed by atoms with Crippen molar-refractivity contribution in [3.63, 3.8) is 0 Å². The Morgan fingerprint density at radius 3 is 2.50 bits per heavy atom. The van der Waals surface area contributed by atoms with Crippen molar-refractivity contribution in [2.45, 2.75) is 50.5 Å². The molecule has 8 heteroatoms. The Morgan fingerprint density at radius 2 is 1.88 bits per heavy atom. The molecule has 2 N–H and O–H groups in total. The van der Waals surface area contributed by atoms with Crippen LogP contribution in [-0.4, -0.2) is 63.3 Å². The Bertz CT molecular complexity index is 520. The molecule has 1 heterocycles. The fourth-order valence-corrected chi connectivity index (χ4v) is 3.18. The first-order chi connectivity index (χ1) is 12.7.